The molecule has 1 aliphatic heterocycles. The van der Waals surface area contributed by atoms with Crippen molar-refractivity contribution < 1.29 is 19.0 Å². The zero-order valence-electron chi connectivity index (χ0n) is 17.3. The number of amides is 1. The Balaban J connectivity index is 1.63. The minimum absolute atomic E-state index is 0.0338. The van der Waals surface area contributed by atoms with E-state index in [1.54, 1.807) is 7.11 Å². The van der Waals surface area contributed by atoms with Gasteiger partial charge >= 0.3 is 0 Å². The fourth-order valence-corrected chi connectivity index (χ4v) is 3.56. The monoisotopic (exact) mass is 383 g/mol. The standard InChI is InChI=1S/C23H29NO4/c1-14(2)18-12-19(15(3)10-21(18)26-5)16(4)24-23(25)9-7-17-6-8-20-22(11-17)28-13-27-20/h6,8,10-12,14,16H,7,9,13H2,1-5H3,(H,24,25)/t16-/m1/s1. The third-order valence-corrected chi connectivity index (χ3v) is 5.16. The molecule has 2 aromatic rings. The molecule has 0 unspecified atom stereocenters. The summed E-state index contributed by atoms with van der Waals surface area (Å²) in [5.74, 6) is 2.80. The predicted molar refractivity (Wildman–Crippen MR) is 109 cm³/mol. The first-order valence-corrected chi connectivity index (χ1v) is 9.75. The summed E-state index contributed by atoms with van der Waals surface area (Å²) >= 11 is 0. The van der Waals surface area contributed by atoms with E-state index in [4.69, 9.17) is 14.2 Å². The molecule has 0 bridgehead atoms. The van der Waals surface area contributed by atoms with Gasteiger partial charge in [0.1, 0.15) is 5.75 Å². The topological polar surface area (TPSA) is 56.8 Å². The van der Waals surface area contributed by atoms with Crippen LogP contribution in [0.15, 0.2) is 30.3 Å². The lowest BCUT2D eigenvalue weighted by Crippen LogP contribution is -2.27. The first kappa shape index (κ1) is 20.1. The zero-order valence-corrected chi connectivity index (χ0v) is 17.3. The highest BCUT2D eigenvalue weighted by atomic mass is 16.7. The van der Waals surface area contributed by atoms with Crippen LogP contribution in [0.3, 0.4) is 0 Å². The normalized spacial score (nSPS) is 13.5. The van der Waals surface area contributed by atoms with Gasteiger partial charge in [-0.1, -0.05) is 19.9 Å². The highest BCUT2D eigenvalue weighted by Gasteiger charge is 2.17. The molecule has 5 nitrogen and oxygen atoms in total. The highest BCUT2D eigenvalue weighted by molar-refractivity contribution is 5.76. The van der Waals surface area contributed by atoms with Gasteiger partial charge in [0.15, 0.2) is 11.5 Å². The Morgan fingerprint density at radius 3 is 2.57 bits per heavy atom. The molecule has 0 aliphatic carbocycles. The predicted octanol–water partition coefficient (Wildman–Crippen LogP) is 4.67. The second-order valence-corrected chi connectivity index (χ2v) is 7.58. The molecule has 2 aromatic carbocycles. The van der Waals surface area contributed by atoms with Crippen LogP contribution < -0.4 is 19.5 Å². The summed E-state index contributed by atoms with van der Waals surface area (Å²) in [6.45, 7) is 8.63. The van der Waals surface area contributed by atoms with E-state index in [0.29, 0.717) is 18.8 Å². The molecule has 0 saturated carbocycles. The fourth-order valence-electron chi connectivity index (χ4n) is 3.56. The summed E-state index contributed by atoms with van der Waals surface area (Å²) in [7, 11) is 1.70. The maximum Gasteiger partial charge on any atom is 0.231 e. The molecule has 0 spiro atoms. The van der Waals surface area contributed by atoms with Gasteiger partial charge in [-0.2, -0.15) is 0 Å². The fraction of sp³-hybridized carbons (Fsp3) is 0.435. The van der Waals surface area contributed by atoms with Gasteiger partial charge in [-0.25, -0.2) is 0 Å². The van der Waals surface area contributed by atoms with Gasteiger partial charge in [0.25, 0.3) is 0 Å². The number of benzene rings is 2. The number of carbonyl (C=O) groups is 1. The third kappa shape index (κ3) is 4.41. The summed E-state index contributed by atoms with van der Waals surface area (Å²) in [4.78, 5) is 12.5. The van der Waals surface area contributed by atoms with Crippen molar-refractivity contribution in [2.75, 3.05) is 13.9 Å². The Bertz CT molecular complexity index is 860. The van der Waals surface area contributed by atoms with Gasteiger partial charge in [-0.15, -0.1) is 0 Å². The molecular formula is C23H29NO4. The van der Waals surface area contributed by atoms with Gasteiger partial charge in [-0.05, 0) is 72.7 Å². The van der Waals surface area contributed by atoms with E-state index in [9.17, 15) is 4.79 Å². The molecule has 150 valence electrons. The largest absolute Gasteiger partial charge is 0.496 e. The van der Waals surface area contributed by atoms with Crippen LogP contribution in [0.25, 0.3) is 0 Å². The van der Waals surface area contributed by atoms with Crippen LogP contribution in [0.4, 0.5) is 0 Å². The highest BCUT2D eigenvalue weighted by Crippen LogP contribution is 2.33. The number of nitrogens with one attached hydrogen (secondary N) is 1. The number of aryl methyl sites for hydroxylation is 2. The molecule has 5 heteroatoms. The lowest BCUT2D eigenvalue weighted by atomic mass is 9.93. The number of methoxy groups -OCH3 is 1. The Labute approximate surface area is 167 Å². The molecule has 0 fully saturated rings. The lowest BCUT2D eigenvalue weighted by molar-refractivity contribution is -0.121. The molecular weight excluding hydrogens is 354 g/mol. The van der Waals surface area contributed by atoms with E-state index in [1.165, 1.54) is 0 Å². The van der Waals surface area contributed by atoms with Crippen LogP contribution in [0.2, 0.25) is 0 Å². The summed E-state index contributed by atoms with van der Waals surface area (Å²) in [5.41, 5.74) is 4.46. The lowest BCUT2D eigenvalue weighted by Gasteiger charge is -2.21. The summed E-state index contributed by atoms with van der Waals surface area (Å²) in [6, 6.07) is 9.97. The molecule has 1 N–H and O–H groups in total. The number of hydrogen-bond donors (Lipinski definition) is 1. The molecule has 1 amide bonds. The molecule has 28 heavy (non-hydrogen) atoms. The van der Waals surface area contributed by atoms with Gasteiger partial charge in [0.05, 0.1) is 13.2 Å². The van der Waals surface area contributed by atoms with E-state index in [1.807, 2.05) is 25.1 Å². The molecule has 3 rings (SSSR count). The number of fused-ring (bicyclic) bond motifs is 1. The second kappa shape index (κ2) is 8.55. The van der Waals surface area contributed by atoms with E-state index in [-0.39, 0.29) is 18.7 Å². The molecule has 0 saturated heterocycles. The molecule has 1 aliphatic rings. The smallest absolute Gasteiger partial charge is 0.231 e. The van der Waals surface area contributed by atoms with Crippen molar-refractivity contribution >= 4 is 5.91 Å². The number of carbonyl (C=O) groups excluding carboxylic acids is 1. The second-order valence-electron chi connectivity index (χ2n) is 7.58. The van der Waals surface area contributed by atoms with Crippen LogP contribution in [-0.4, -0.2) is 19.8 Å². The Kier molecular flexibility index (Phi) is 6.12. The van der Waals surface area contributed by atoms with Crippen molar-refractivity contribution in [3.63, 3.8) is 0 Å². The molecule has 0 radical (unpaired) electrons. The van der Waals surface area contributed by atoms with Crippen LogP contribution in [0.5, 0.6) is 17.2 Å². The van der Waals surface area contributed by atoms with Crippen LogP contribution in [-0.2, 0) is 11.2 Å². The maximum absolute atomic E-state index is 12.5. The third-order valence-electron chi connectivity index (χ3n) is 5.16. The maximum atomic E-state index is 12.5. The Morgan fingerprint density at radius 2 is 1.86 bits per heavy atom. The van der Waals surface area contributed by atoms with E-state index in [0.717, 1.165) is 39.5 Å². The van der Waals surface area contributed by atoms with Gasteiger partial charge in [0.2, 0.25) is 12.7 Å². The van der Waals surface area contributed by atoms with Crippen molar-refractivity contribution in [3.05, 3.63) is 52.6 Å². The van der Waals surface area contributed by atoms with Crippen LogP contribution in [0, 0.1) is 6.92 Å². The number of rotatable bonds is 7. The van der Waals surface area contributed by atoms with Crippen molar-refractivity contribution in [1.82, 2.24) is 5.32 Å². The van der Waals surface area contributed by atoms with E-state index in [2.05, 4.69) is 38.2 Å². The summed E-state index contributed by atoms with van der Waals surface area (Å²) < 4.78 is 16.2. The van der Waals surface area contributed by atoms with Crippen molar-refractivity contribution in [2.24, 2.45) is 0 Å². The first-order valence-electron chi connectivity index (χ1n) is 9.75. The first-order chi connectivity index (χ1) is 13.4. The van der Waals surface area contributed by atoms with Crippen molar-refractivity contribution in [2.45, 2.75) is 52.5 Å². The van der Waals surface area contributed by atoms with Crippen LogP contribution >= 0.6 is 0 Å². The zero-order chi connectivity index (χ0) is 20.3. The van der Waals surface area contributed by atoms with E-state index >= 15 is 0 Å². The molecule has 0 aromatic heterocycles. The van der Waals surface area contributed by atoms with Crippen LogP contribution in [0.1, 0.15) is 61.4 Å². The van der Waals surface area contributed by atoms with Gasteiger partial charge in [0, 0.05) is 6.42 Å². The Morgan fingerprint density at radius 1 is 1.11 bits per heavy atom. The number of hydrogen-bond acceptors (Lipinski definition) is 4. The molecule has 1 heterocycles. The van der Waals surface area contributed by atoms with E-state index < -0.39 is 0 Å². The summed E-state index contributed by atoms with van der Waals surface area (Å²) in [5, 5.41) is 3.13. The van der Waals surface area contributed by atoms with Crippen molar-refractivity contribution in [3.8, 4) is 17.2 Å². The van der Waals surface area contributed by atoms with Gasteiger partial charge < -0.3 is 19.5 Å². The minimum atomic E-state index is -0.0624. The number of ether oxygens (including phenoxy) is 3. The molecule has 1 atom stereocenters. The quantitative estimate of drug-likeness (QED) is 0.755. The average molecular weight is 383 g/mol. The minimum Gasteiger partial charge on any atom is -0.496 e. The van der Waals surface area contributed by atoms with Gasteiger partial charge in [-0.3, -0.25) is 4.79 Å². The Hall–Kier alpha value is -2.69. The SMILES string of the molecule is COc1cc(C)c([C@@H](C)NC(=O)CCc2ccc3c(c2)OCO3)cc1C(C)C. The average Bonchev–Trinajstić information content (AvgIpc) is 3.13. The summed E-state index contributed by atoms with van der Waals surface area (Å²) in [6.07, 6.45) is 1.09. The van der Waals surface area contributed by atoms with Crippen molar-refractivity contribution in [1.29, 1.82) is 0 Å².